The zero-order valence-corrected chi connectivity index (χ0v) is 10.7. The first-order valence-electron chi connectivity index (χ1n) is 6.64. The highest BCUT2D eigenvalue weighted by atomic mass is 32.1. The van der Waals surface area contributed by atoms with Crippen molar-refractivity contribution in [3.05, 3.63) is 0 Å². The Labute approximate surface area is 103 Å². The highest BCUT2D eigenvalue weighted by Crippen LogP contribution is 2.59. The van der Waals surface area contributed by atoms with Crippen molar-refractivity contribution in [2.24, 2.45) is 28.9 Å². The lowest BCUT2D eigenvalue weighted by atomic mass is 9.49. The highest BCUT2D eigenvalue weighted by Gasteiger charge is 2.50. The van der Waals surface area contributed by atoms with Crippen LogP contribution in [0.5, 0.6) is 0 Å². The molecule has 0 amide bonds. The summed E-state index contributed by atoms with van der Waals surface area (Å²) in [7, 11) is 0. The van der Waals surface area contributed by atoms with Crippen molar-refractivity contribution in [3.63, 3.8) is 0 Å². The van der Waals surface area contributed by atoms with Crippen molar-refractivity contribution in [3.8, 4) is 0 Å². The van der Waals surface area contributed by atoms with Crippen LogP contribution >= 0.6 is 12.2 Å². The molecule has 4 fully saturated rings. The molecule has 4 aliphatic rings. The van der Waals surface area contributed by atoms with E-state index < -0.39 is 0 Å². The molecule has 0 radical (unpaired) electrons. The Hall–Kier alpha value is -0.150. The minimum atomic E-state index is 0.602. The summed E-state index contributed by atoms with van der Waals surface area (Å²) < 4.78 is 0. The van der Waals surface area contributed by atoms with Gasteiger partial charge in [0.1, 0.15) is 0 Å². The van der Waals surface area contributed by atoms with E-state index in [0.29, 0.717) is 10.4 Å². The van der Waals surface area contributed by atoms with E-state index in [-0.39, 0.29) is 0 Å². The van der Waals surface area contributed by atoms with E-state index in [1.54, 1.807) is 0 Å². The van der Waals surface area contributed by atoms with Crippen molar-refractivity contribution in [2.45, 2.75) is 38.5 Å². The van der Waals surface area contributed by atoms with Crippen LogP contribution in [0.25, 0.3) is 0 Å². The number of nitrogens with one attached hydrogen (secondary N) is 1. The van der Waals surface area contributed by atoms with Crippen LogP contribution in [0.15, 0.2) is 0 Å². The zero-order chi connectivity index (χ0) is 11.2. The summed E-state index contributed by atoms with van der Waals surface area (Å²) in [4.78, 5) is 0.602. The van der Waals surface area contributed by atoms with E-state index in [4.69, 9.17) is 18.0 Å². The van der Waals surface area contributed by atoms with Crippen LogP contribution in [0.2, 0.25) is 0 Å². The fraction of sp³-hybridized carbons (Fsp3) is 0.923. The molecule has 0 aromatic rings. The van der Waals surface area contributed by atoms with Crippen LogP contribution in [-0.4, -0.2) is 18.1 Å². The summed E-state index contributed by atoms with van der Waals surface area (Å²) in [5.41, 5.74) is 6.15. The predicted molar refractivity (Wildman–Crippen MR) is 70.3 cm³/mol. The van der Waals surface area contributed by atoms with Gasteiger partial charge in [0, 0.05) is 13.1 Å². The molecule has 0 unspecified atom stereocenters. The number of hydrogen-bond acceptors (Lipinski definition) is 2. The van der Waals surface area contributed by atoms with Crippen molar-refractivity contribution in [1.29, 1.82) is 0 Å². The van der Waals surface area contributed by atoms with Gasteiger partial charge in [0.25, 0.3) is 0 Å². The van der Waals surface area contributed by atoms with Crippen LogP contribution in [0.1, 0.15) is 38.5 Å². The van der Waals surface area contributed by atoms with Crippen LogP contribution in [0, 0.1) is 23.2 Å². The normalized spacial score (nSPS) is 44.9. The standard InChI is InChI=1S/C13H22N2S/c14-12(16)7-15-8-13-4-9-1-10(5-13)3-11(2-9)6-13/h9-11,15H,1-8H2,(H2,14,16). The number of nitrogens with two attached hydrogens (primary N) is 1. The zero-order valence-electron chi connectivity index (χ0n) is 9.87. The van der Waals surface area contributed by atoms with Gasteiger partial charge in [-0.1, -0.05) is 12.2 Å². The molecule has 90 valence electrons. The van der Waals surface area contributed by atoms with Crippen LogP contribution in [0.3, 0.4) is 0 Å². The lowest BCUT2D eigenvalue weighted by Gasteiger charge is -2.57. The van der Waals surface area contributed by atoms with Gasteiger partial charge in [-0.2, -0.15) is 0 Å². The van der Waals surface area contributed by atoms with Crippen LogP contribution < -0.4 is 11.1 Å². The fourth-order valence-electron chi connectivity index (χ4n) is 4.96. The summed E-state index contributed by atoms with van der Waals surface area (Å²) in [6.07, 6.45) is 8.95. The SMILES string of the molecule is NC(=S)CNCC12CC3CC(CC(C3)C1)C2. The Morgan fingerprint density at radius 1 is 1.12 bits per heavy atom. The Morgan fingerprint density at radius 2 is 1.62 bits per heavy atom. The summed E-state index contributed by atoms with van der Waals surface area (Å²) in [5.74, 6) is 3.12. The Balaban J connectivity index is 1.62. The molecule has 4 rings (SSSR count). The average molecular weight is 238 g/mol. The molecule has 4 saturated carbocycles. The summed E-state index contributed by atoms with van der Waals surface area (Å²) in [5, 5.41) is 3.48. The minimum Gasteiger partial charge on any atom is -0.392 e. The maximum Gasteiger partial charge on any atom is 0.0867 e. The van der Waals surface area contributed by atoms with E-state index in [2.05, 4.69) is 5.32 Å². The second kappa shape index (κ2) is 3.95. The van der Waals surface area contributed by atoms with Crippen molar-refractivity contribution < 1.29 is 0 Å². The van der Waals surface area contributed by atoms with Gasteiger partial charge in [0.05, 0.1) is 4.99 Å². The van der Waals surface area contributed by atoms with E-state index in [1.807, 2.05) is 0 Å². The first-order valence-corrected chi connectivity index (χ1v) is 7.05. The molecule has 4 bridgehead atoms. The van der Waals surface area contributed by atoms with Gasteiger partial charge in [-0.15, -0.1) is 0 Å². The molecule has 0 atom stereocenters. The fourth-order valence-corrected chi connectivity index (χ4v) is 5.06. The van der Waals surface area contributed by atoms with Crippen molar-refractivity contribution in [1.82, 2.24) is 5.32 Å². The molecule has 3 N–H and O–H groups in total. The van der Waals surface area contributed by atoms with Gasteiger partial charge >= 0.3 is 0 Å². The summed E-state index contributed by atoms with van der Waals surface area (Å²) in [6, 6.07) is 0. The molecule has 0 aromatic carbocycles. The van der Waals surface area contributed by atoms with Gasteiger partial charge < -0.3 is 11.1 Å². The lowest BCUT2D eigenvalue weighted by molar-refractivity contribution is -0.0507. The number of rotatable bonds is 4. The molecule has 16 heavy (non-hydrogen) atoms. The molecule has 0 heterocycles. The molecule has 2 nitrogen and oxygen atoms in total. The monoisotopic (exact) mass is 238 g/mol. The minimum absolute atomic E-state index is 0.602. The van der Waals surface area contributed by atoms with Gasteiger partial charge in [-0.25, -0.2) is 0 Å². The third-order valence-electron chi connectivity index (χ3n) is 4.96. The van der Waals surface area contributed by atoms with Crippen molar-refractivity contribution in [2.75, 3.05) is 13.1 Å². The Morgan fingerprint density at radius 3 is 2.06 bits per heavy atom. The van der Waals surface area contributed by atoms with E-state index >= 15 is 0 Å². The number of hydrogen-bond donors (Lipinski definition) is 2. The Kier molecular flexibility index (Phi) is 2.71. The molecule has 0 aromatic heterocycles. The van der Waals surface area contributed by atoms with Gasteiger partial charge in [-0.3, -0.25) is 0 Å². The largest absolute Gasteiger partial charge is 0.392 e. The summed E-state index contributed by atoms with van der Waals surface area (Å²) in [6.45, 7) is 1.87. The Bertz CT molecular complexity index is 265. The van der Waals surface area contributed by atoms with E-state index in [9.17, 15) is 0 Å². The topological polar surface area (TPSA) is 38.0 Å². The molecular weight excluding hydrogens is 216 g/mol. The first-order chi connectivity index (χ1) is 7.65. The third-order valence-corrected chi connectivity index (χ3v) is 5.11. The van der Waals surface area contributed by atoms with Crippen molar-refractivity contribution >= 4 is 17.2 Å². The first kappa shape index (κ1) is 11.0. The maximum absolute atomic E-state index is 5.54. The third kappa shape index (κ3) is 2.00. The predicted octanol–water partition coefficient (Wildman–Crippen LogP) is 2.08. The highest BCUT2D eigenvalue weighted by molar-refractivity contribution is 7.80. The molecule has 0 saturated heterocycles. The maximum atomic E-state index is 5.54. The van der Waals surface area contributed by atoms with E-state index in [1.165, 1.54) is 38.5 Å². The van der Waals surface area contributed by atoms with Crippen LogP contribution in [-0.2, 0) is 0 Å². The summed E-state index contributed by atoms with van der Waals surface area (Å²) >= 11 is 4.92. The molecule has 0 spiro atoms. The quantitative estimate of drug-likeness (QED) is 0.737. The average Bonchev–Trinajstić information content (AvgIpc) is 2.13. The van der Waals surface area contributed by atoms with Gasteiger partial charge in [0.2, 0.25) is 0 Å². The van der Waals surface area contributed by atoms with Crippen LogP contribution in [0.4, 0.5) is 0 Å². The second-order valence-corrected chi connectivity index (χ2v) is 7.01. The van der Waals surface area contributed by atoms with E-state index in [0.717, 1.165) is 30.8 Å². The molecule has 3 heteroatoms. The van der Waals surface area contributed by atoms with Gasteiger partial charge in [-0.05, 0) is 61.7 Å². The molecular formula is C13H22N2S. The molecule has 0 aliphatic heterocycles. The molecule has 4 aliphatic carbocycles. The lowest BCUT2D eigenvalue weighted by Crippen LogP contribution is -2.51. The number of thiocarbonyl (C=S) groups is 1. The smallest absolute Gasteiger partial charge is 0.0867 e. The second-order valence-electron chi connectivity index (χ2n) is 6.49. The van der Waals surface area contributed by atoms with Gasteiger partial charge in [0.15, 0.2) is 0 Å².